The molecule has 1 amide bonds. The normalized spacial score (nSPS) is 11.9. The molecule has 0 radical (unpaired) electrons. The summed E-state index contributed by atoms with van der Waals surface area (Å²) in [5.74, 6) is 0.362. The van der Waals surface area contributed by atoms with Crippen LogP contribution in [0, 0.1) is 5.92 Å². The van der Waals surface area contributed by atoms with Crippen LogP contribution in [-0.4, -0.2) is 22.8 Å². The lowest BCUT2D eigenvalue weighted by Gasteiger charge is -2.22. The smallest absolute Gasteiger partial charge is 0.440 e. The van der Waals surface area contributed by atoms with Gasteiger partial charge in [-0.15, -0.1) is 5.06 Å². The molecule has 1 atom stereocenters. The lowest BCUT2D eigenvalue weighted by atomic mass is 9.99. The van der Waals surface area contributed by atoms with E-state index in [1.165, 1.54) is 0 Å². The fourth-order valence-electron chi connectivity index (χ4n) is 1.41. The summed E-state index contributed by atoms with van der Waals surface area (Å²) in [6.45, 7) is 7.96. The van der Waals surface area contributed by atoms with Gasteiger partial charge in [0, 0.05) is 0 Å². The SMILES string of the molecule is C=CON(CC(CC)CCCC)C(=O)O. The Labute approximate surface area is 91.5 Å². The van der Waals surface area contributed by atoms with Crippen molar-refractivity contribution in [3.05, 3.63) is 12.8 Å². The van der Waals surface area contributed by atoms with Crippen LogP contribution in [0.3, 0.4) is 0 Å². The van der Waals surface area contributed by atoms with Crippen LogP contribution >= 0.6 is 0 Å². The van der Waals surface area contributed by atoms with E-state index in [4.69, 9.17) is 9.94 Å². The zero-order valence-electron chi connectivity index (χ0n) is 9.61. The lowest BCUT2D eigenvalue weighted by molar-refractivity contribution is -0.0855. The van der Waals surface area contributed by atoms with Crippen molar-refractivity contribution in [1.29, 1.82) is 0 Å². The van der Waals surface area contributed by atoms with Crippen LogP contribution in [0.5, 0.6) is 0 Å². The second-order valence-electron chi connectivity index (χ2n) is 3.53. The molecule has 15 heavy (non-hydrogen) atoms. The molecule has 0 bridgehead atoms. The van der Waals surface area contributed by atoms with Gasteiger partial charge >= 0.3 is 6.09 Å². The second-order valence-corrected chi connectivity index (χ2v) is 3.53. The Hall–Kier alpha value is -1.19. The van der Waals surface area contributed by atoms with E-state index in [1.807, 2.05) is 0 Å². The first-order valence-electron chi connectivity index (χ1n) is 5.43. The van der Waals surface area contributed by atoms with Crippen molar-refractivity contribution >= 4 is 6.09 Å². The molecule has 0 aliphatic heterocycles. The fraction of sp³-hybridized carbons (Fsp3) is 0.727. The van der Waals surface area contributed by atoms with Gasteiger partial charge in [-0.05, 0) is 12.3 Å². The number of hydrogen-bond donors (Lipinski definition) is 1. The van der Waals surface area contributed by atoms with E-state index in [0.717, 1.165) is 37.0 Å². The molecular formula is C11H21NO3. The summed E-state index contributed by atoms with van der Waals surface area (Å²) in [6.07, 6.45) is 4.33. The van der Waals surface area contributed by atoms with Crippen LogP contribution in [0.4, 0.5) is 4.79 Å². The van der Waals surface area contributed by atoms with Crippen molar-refractivity contribution in [2.24, 2.45) is 5.92 Å². The molecule has 88 valence electrons. The van der Waals surface area contributed by atoms with Crippen LogP contribution in [0.15, 0.2) is 12.8 Å². The molecule has 0 aromatic rings. The average molecular weight is 215 g/mol. The number of rotatable bonds is 8. The molecule has 0 aliphatic rings. The minimum absolute atomic E-state index is 0.362. The Morgan fingerprint density at radius 3 is 2.67 bits per heavy atom. The van der Waals surface area contributed by atoms with Crippen molar-refractivity contribution in [2.45, 2.75) is 39.5 Å². The zero-order chi connectivity index (χ0) is 11.7. The van der Waals surface area contributed by atoms with Crippen molar-refractivity contribution < 1.29 is 14.7 Å². The van der Waals surface area contributed by atoms with Crippen LogP contribution in [0.2, 0.25) is 0 Å². The third-order valence-electron chi connectivity index (χ3n) is 2.38. The summed E-state index contributed by atoms with van der Waals surface area (Å²) in [5, 5.41) is 9.77. The number of carboxylic acid groups (broad SMARTS) is 1. The molecule has 0 aromatic heterocycles. The predicted molar refractivity (Wildman–Crippen MR) is 59.3 cm³/mol. The quantitative estimate of drug-likeness (QED) is 0.499. The maximum absolute atomic E-state index is 10.8. The van der Waals surface area contributed by atoms with E-state index in [9.17, 15) is 4.79 Å². The lowest BCUT2D eigenvalue weighted by Crippen LogP contribution is -2.32. The minimum atomic E-state index is -1.06. The topological polar surface area (TPSA) is 49.8 Å². The van der Waals surface area contributed by atoms with E-state index in [2.05, 4.69) is 20.4 Å². The highest BCUT2D eigenvalue weighted by molar-refractivity contribution is 5.63. The Kier molecular flexibility index (Phi) is 7.50. The van der Waals surface area contributed by atoms with E-state index < -0.39 is 6.09 Å². The van der Waals surface area contributed by atoms with Gasteiger partial charge in [0.2, 0.25) is 0 Å². The fourth-order valence-corrected chi connectivity index (χ4v) is 1.41. The second kappa shape index (κ2) is 8.15. The molecule has 0 spiro atoms. The largest absolute Gasteiger partial charge is 0.463 e. The first-order valence-corrected chi connectivity index (χ1v) is 5.43. The number of carbonyl (C=O) groups is 1. The van der Waals surface area contributed by atoms with Crippen LogP contribution in [0.1, 0.15) is 39.5 Å². The Morgan fingerprint density at radius 2 is 2.27 bits per heavy atom. The molecule has 1 N–H and O–H groups in total. The molecule has 0 saturated heterocycles. The Morgan fingerprint density at radius 1 is 1.60 bits per heavy atom. The van der Waals surface area contributed by atoms with Gasteiger partial charge in [0.25, 0.3) is 0 Å². The third-order valence-corrected chi connectivity index (χ3v) is 2.38. The highest BCUT2D eigenvalue weighted by atomic mass is 16.7. The van der Waals surface area contributed by atoms with Gasteiger partial charge in [-0.25, -0.2) is 4.79 Å². The summed E-state index contributed by atoms with van der Waals surface area (Å²) in [4.78, 5) is 15.6. The van der Waals surface area contributed by atoms with Crippen LogP contribution < -0.4 is 0 Å². The number of unbranched alkanes of at least 4 members (excludes halogenated alkanes) is 1. The summed E-state index contributed by atoms with van der Waals surface area (Å²) in [7, 11) is 0. The molecule has 0 aliphatic carbocycles. The highest BCUT2D eigenvalue weighted by Gasteiger charge is 2.17. The minimum Gasteiger partial charge on any atom is -0.463 e. The van der Waals surface area contributed by atoms with Gasteiger partial charge in [-0.3, -0.25) is 0 Å². The number of nitrogens with zero attached hydrogens (tertiary/aromatic N) is 1. The van der Waals surface area contributed by atoms with Gasteiger partial charge in [-0.1, -0.05) is 39.7 Å². The summed E-state index contributed by atoms with van der Waals surface area (Å²) in [6, 6.07) is 0. The monoisotopic (exact) mass is 215 g/mol. The number of hydroxylamine groups is 2. The maximum Gasteiger partial charge on any atom is 0.440 e. The predicted octanol–water partition coefficient (Wildman–Crippen LogP) is 3.26. The van der Waals surface area contributed by atoms with Crippen molar-refractivity contribution in [3.63, 3.8) is 0 Å². The number of amides is 1. The first-order chi connectivity index (χ1) is 7.15. The molecule has 0 heterocycles. The first kappa shape index (κ1) is 13.8. The molecule has 0 aromatic carbocycles. The Bertz CT molecular complexity index is 194. The molecule has 0 fully saturated rings. The molecule has 0 saturated carbocycles. The number of hydrogen-bond acceptors (Lipinski definition) is 2. The van der Waals surface area contributed by atoms with E-state index in [1.54, 1.807) is 0 Å². The van der Waals surface area contributed by atoms with Gasteiger partial charge in [0.15, 0.2) is 0 Å². The molecule has 4 heteroatoms. The van der Waals surface area contributed by atoms with Gasteiger partial charge in [0.1, 0.15) is 6.26 Å². The van der Waals surface area contributed by atoms with Crippen LogP contribution in [-0.2, 0) is 4.84 Å². The molecule has 4 nitrogen and oxygen atoms in total. The summed E-state index contributed by atoms with van der Waals surface area (Å²) < 4.78 is 0. The van der Waals surface area contributed by atoms with Crippen LogP contribution in [0.25, 0.3) is 0 Å². The van der Waals surface area contributed by atoms with Gasteiger partial charge in [-0.2, -0.15) is 0 Å². The van der Waals surface area contributed by atoms with Crippen molar-refractivity contribution in [3.8, 4) is 0 Å². The molecule has 1 unspecified atom stereocenters. The van der Waals surface area contributed by atoms with Gasteiger partial charge < -0.3 is 9.94 Å². The summed E-state index contributed by atoms with van der Waals surface area (Å²) >= 11 is 0. The molecule has 0 rings (SSSR count). The van der Waals surface area contributed by atoms with E-state index >= 15 is 0 Å². The van der Waals surface area contributed by atoms with E-state index in [0.29, 0.717) is 12.5 Å². The van der Waals surface area contributed by atoms with Crippen molar-refractivity contribution in [2.75, 3.05) is 6.54 Å². The van der Waals surface area contributed by atoms with Crippen molar-refractivity contribution in [1.82, 2.24) is 5.06 Å². The molecular weight excluding hydrogens is 194 g/mol. The zero-order valence-corrected chi connectivity index (χ0v) is 9.61. The summed E-state index contributed by atoms with van der Waals surface area (Å²) in [5.41, 5.74) is 0. The maximum atomic E-state index is 10.8. The Balaban J connectivity index is 4.08. The third kappa shape index (κ3) is 5.99. The van der Waals surface area contributed by atoms with Gasteiger partial charge in [0.05, 0.1) is 6.54 Å². The van der Waals surface area contributed by atoms with E-state index in [-0.39, 0.29) is 0 Å². The highest BCUT2D eigenvalue weighted by Crippen LogP contribution is 2.14. The standard InChI is InChI=1S/C11H21NO3/c1-4-7-8-10(5-2)9-12(11(13)14)15-6-3/h6,10H,3-5,7-9H2,1-2H3,(H,13,14). The average Bonchev–Trinajstić information content (AvgIpc) is 2.22.